The van der Waals surface area contributed by atoms with E-state index in [0.717, 1.165) is 11.4 Å². The first kappa shape index (κ1) is 15.0. The summed E-state index contributed by atoms with van der Waals surface area (Å²) in [5.41, 5.74) is 2.33. The van der Waals surface area contributed by atoms with Crippen molar-refractivity contribution in [3.8, 4) is 0 Å². The van der Waals surface area contributed by atoms with Gasteiger partial charge in [-0.25, -0.2) is 9.78 Å². The van der Waals surface area contributed by atoms with Crippen molar-refractivity contribution in [3.05, 3.63) is 35.3 Å². The molecule has 2 heterocycles. The fourth-order valence-corrected chi connectivity index (χ4v) is 2.37. The fraction of sp³-hybridized carbons (Fsp3) is 0.231. The van der Waals surface area contributed by atoms with Crippen LogP contribution >= 0.6 is 11.8 Å². The molecule has 0 bridgehead atoms. The molecule has 0 aliphatic carbocycles. The topological polar surface area (TPSA) is 108 Å². The van der Waals surface area contributed by atoms with E-state index in [1.807, 2.05) is 6.92 Å². The lowest BCUT2D eigenvalue weighted by Crippen LogP contribution is -2.15. The van der Waals surface area contributed by atoms with Crippen molar-refractivity contribution in [2.24, 2.45) is 0 Å². The molecule has 0 aliphatic rings. The van der Waals surface area contributed by atoms with E-state index in [1.54, 1.807) is 6.92 Å². The number of pyridine rings is 1. The molecule has 2 aromatic heterocycles. The van der Waals surface area contributed by atoms with Crippen molar-refractivity contribution < 1.29 is 14.7 Å². The summed E-state index contributed by atoms with van der Waals surface area (Å²) in [4.78, 5) is 26.8. The maximum atomic E-state index is 11.9. The van der Waals surface area contributed by atoms with Crippen LogP contribution in [0.15, 0.2) is 23.4 Å². The van der Waals surface area contributed by atoms with E-state index >= 15 is 0 Å². The number of carboxylic acid groups (broad SMARTS) is 1. The maximum Gasteiger partial charge on any atom is 0.335 e. The number of aromatic nitrogens is 3. The minimum absolute atomic E-state index is 0.139. The number of H-pyrrole nitrogens is 1. The molecule has 3 N–H and O–H groups in total. The van der Waals surface area contributed by atoms with Gasteiger partial charge in [-0.15, -0.1) is 0 Å². The number of nitrogens with zero attached hydrogens (tertiary/aromatic N) is 2. The Hall–Kier alpha value is -2.35. The van der Waals surface area contributed by atoms with Gasteiger partial charge in [0, 0.05) is 6.20 Å². The lowest BCUT2D eigenvalue weighted by Gasteiger charge is -2.05. The van der Waals surface area contributed by atoms with Crippen LogP contribution in [0, 0.1) is 13.8 Å². The summed E-state index contributed by atoms with van der Waals surface area (Å²) in [6.45, 7) is 3.62. The molecule has 0 unspecified atom stereocenters. The zero-order chi connectivity index (χ0) is 15.4. The molecule has 0 saturated heterocycles. The summed E-state index contributed by atoms with van der Waals surface area (Å²) >= 11 is 1.18. The van der Waals surface area contributed by atoms with E-state index in [9.17, 15) is 9.59 Å². The second-order valence-electron chi connectivity index (χ2n) is 4.33. The van der Waals surface area contributed by atoms with Gasteiger partial charge in [0.2, 0.25) is 5.91 Å². The number of aromatic amines is 1. The molecule has 2 rings (SSSR count). The predicted molar refractivity (Wildman–Crippen MR) is 78.6 cm³/mol. The van der Waals surface area contributed by atoms with Crippen LogP contribution in [0.4, 0.5) is 5.69 Å². The summed E-state index contributed by atoms with van der Waals surface area (Å²) in [5, 5.41) is 18.9. The molecule has 0 spiro atoms. The van der Waals surface area contributed by atoms with E-state index in [0.29, 0.717) is 10.7 Å². The molecule has 7 nitrogen and oxygen atoms in total. The lowest BCUT2D eigenvalue weighted by molar-refractivity contribution is -0.113. The second kappa shape index (κ2) is 6.40. The van der Waals surface area contributed by atoms with Crippen LogP contribution in [-0.2, 0) is 4.79 Å². The number of carboxylic acids is 1. The SMILES string of the molecule is Cc1n[nH]c(C)c1NC(=O)CSc1cc(C(=O)O)ccn1. The molecule has 0 saturated carbocycles. The van der Waals surface area contributed by atoms with Gasteiger partial charge in [0.05, 0.1) is 33.4 Å². The smallest absolute Gasteiger partial charge is 0.335 e. The van der Waals surface area contributed by atoms with Crippen molar-refractivity contribution in [2.75, 3.05) is 11.1 Å². The number of rotatable bonds is 5. The third kappa shape index (κ3) is 3.82. The zero-order valence-electron chi connectivity index (χ0n) is 11.5. The summed E-state index contributed by atoms with van der Waals surface area (Å²) in [6, 6.07) is 2.85. The molecular weight excluding hydrogens is 292 g/mol. The Kier molecular flexibility index (Phi) is 4.59. The summed E-state index contributed by atoms with van der Waals surface area (Å²) in [7, 11) is 0. The number of anilines is 1. The van der Waals surface area contributed by atoms with Gasteiger partial charge in [-0.3, -0.25) is 9.89 Å². The van der Waals surface area contributed by atoms with Gasteiger partial charge in [-0.2, -0.15) is 5.10 Å². The highest BCUT2D eigenvalue weighted by molar-refractivity contribution is 7.99. The van der Waals surface area contributed by atoms with Crippen LogP contribution in [0.25, 0.3) is 0 Å². The molecular formula is C13H14N4O3S. The first-order chi connectivity index (χ1) is 9.97. The van der Waals surface area contributed by atoms with Crippen LogP contribution in [0.1, 0.15) is 21.7 Å². The van der Waals surface area contributed by atoms with Gasteiger partial charge in [-0.1, -0.05) is 11.8 Å². The Morgan fingerprint density at radius 1 is 1.43 bits per heavy atom. The molecule has 110 valence electrons. The van der Waals surface area contributed by atoms with Gasteiger partial charge in [-0.05, 0) is 26.0 Å². The Bertz CT molecular complexity index is 664. The Morgan fingerprint density at radius 3 is 2.81 bits per heavy atom. The molecule has 0 fully saturated rings. The summed E-state index contributed by atoms with van der Waals surface area (Å²) in [6.07, 6.45) is 1.41. The molecule has 8 heteroatoms. The van der Waals surface area contributed by atoms with Crippen molar-refractivity contribution in [1.29, 1.82) is 0 Å². The number of aryl methyl sites for hydroxylation is 2. The molecule has 0 radical (unpaired) electrons. The normalized spacial score (nSPS) is 10.4. The minimum atomic E-state index is -1.02. The Balaban J connectivity index is 1.95. The van der Waals surface area contributed by atoms with Gasteiger partial charge in [0.1, 0.15) is 0 Å². The van der Waals surface area contributed by atoms with Crippen molar-refractivity contribution in [3.63, 3.8) is 0 Å². The molecule has 2 aromatic rings. The molecule has 0 atom stereocenters. The number of carbonyl (C=O) groups excluding carboxylic acids is 1. The van der Waals surface area contributed by atoms with E-state index < -0.39 is 5.97 Å². The van der Waals surface area contributed by atoms with Gasteiger partial charge >= 0.3 is 5.97 Å². The Morgan fingerprint density at radius 2 is 2.19 bits per heavy atom. The van der Waals surface area contributed by atoms with E-state index in [1.165, 1.54) is 30.1 Å². The van der Waals surface area contributed by atoms with Crippen LogP contribution in [0.5, 0.6) is 0 Å². The zero-order valence-corrected chi connectivity index (χ0v) is 12.3. The van der Waals surface area contributed by atoms with Crippen LogP contribution < -0.4 is 5.32 Å². The van der Waals surface area contributed by atoms with E-state index in [4.69, 9.17) is 5.11 Å². The van der Waals surface area contributed by atoms with Crippen molar-refractivity contribution in [2.45, 2.75) is 18.9 Å². The van der Waals surface area contributed by atoms with Gasteiger partial charge in [0.25, 0.3) is 0 Å². The third-order valence-corrected chi connectivity index (χ3v) is 3.65. The minimum Gasteiger partial charge on any atom is -0.478 e. The standard InChI is InChI=1S/C13H14N4O3S/c1-7-12(8(2)17-16-7)15-10(18)6-21-11-5-9(13(19)20)3-4-14-11/h3-5H,6H2,1-2H3,(H,15,18)(H,16,17)(H,19,20). The van der Waals surface area contributed by atoms with Crippen LogP contribution in [-0.4, -0.2) is 37.9 Å². The highest BCUT2D eigenvalue weighted by Crippen LogP contribution is 2.19. The number of thioether (sulfide) groups is 1. The number of aromatic carboxylic acids is 1. The molecule has 1 amide bonds. The second-order valence-corrected chi connectivity index (χ2v) is 5.33. The molecule has 21 heavy (non-hydrogen) atoms. The average molecular weight is 306 g/mol. The number of amides is 1. The van der Waals surface area contributed by atoms with Crippen LogP contribution in [0.3, 0.4) is 0 Å². The van der Waals surface area contributed by atoms with E-state index in [2.05, 4.69) is 20.5 Å². The first-order valence-corrected chi connectivity index (χ1v) is 7.09. The van der Waals surface area contributed by atoms with E-state index in [-0.39, 0.29) is 17.2 Å². The van der Waals surface area contributed by atoms with Crippen molar-refractivity contribution >= 4 is 29.3 Å². The lowest BCUT2D eigenvalue weighted by atomic mass is 10.3. The largest absolute Gasteiger partial charge is 0.478 e. The van der Waals surface area contributed by atoms with Crippen LogP contribution in [0.2, 0.25) is 0 Å². The van der Waals surface area contributed by atoms with Gasteiger partial charge in [0.15, 0.2) is 0 Å². The fourth-order valence-electron chi connectivity index (χ4n) is 1.67. The number of hydrogen-bond donors (Lipinski definition) is 3. The van der Waals surface area contributed by atoms with Gasteiger partial charge < -0.3 is 10.4 Å². The highest BCUT2D eigenvalue weighted by Gasteiger charge is 2.11. The average Bonchev–Trinajstić information content (AvgIpc) is 2.77. The number of carbonyl (C=O) groups is 2. The maximum absolute atomic E-state index is 11.9. The van der Waals surface area contributed by atoms with Crippen molar-refractivity contribution in [1.82, 2.24) is 15.2 Å². The predicted octanol–water partition coefficient (Wildman–Crippen LogP) is 1.85. The highest BCUT2D eigenvalue weighted by atomic mass is 32.2. The monoisotopic (exact) mass is 306 g/mol. The number of hydrogen-bond acceptors (Lipinski definition) is 5. The number of nitrogens with one attached hydrogen (secondary N) is 2. The summed E-state index contributed by atoms with van der Waals surface area (Å²) in [5.74, 6) is -1.08. The quantitative estimate of drug-likeness (QED) is 0.728. The Labute approximate surface area is 125 Å². The molecule has 0 aromatic carbocycles. The third-order valence-electron chi connectivity index (χ3n) is 2.73. The first-order valence-electron chi connectivity index (χ1n) is 6.11. The molecule has 0 aliphatic heterocycles. The summed E-state index contributed by atoms with van der Waals surface area (Å²) < 4.78 is 0.